The molecule has 2 rings (SSSR count). The molecule has 0 aliphatic carbocycles. The summed E-state index contributed by atoms with van der Waals surface area (Å²) >= 11 is 0. The minimum absolute atomic E-state index is 0.136. The number of anilines is 1. The molecule has 1 amide bonds. The van der Waals surface area contributed by atoms with Gasteiger partial charge in [0.1, 0.15) is 0 Å². The number of carbonyl (C=O) groups excluding carboxylic acids is 1. The van der Waals surface area contributed by atoms with Crippen molar-refractivity contribution in [2.45, 2.75) is 13.8 Å². The van der Waals surface area contributed by atoms with E-state index in [-0.39, 0.29) is 11.3 Å². The summed E-state index contributed by atoms with van der Waals surface area (Å²) in [4.78, 5) is 24.4. The highest BCUT2D eigenvalue weighted by Crippen LogP contribution is 2.14. The molecular formula is C18H20N4O3. The topological polar surface area (TPSA) is 87.8 Å². The Kier molecular flexibility index (Phi) is 6.22. The van der Waals surface area contributed by atoms with E-state index in [0.29, 0.717) is 0 Å². The minimum atomic E-state index is -0.544. The number of nitro groups is 1. The van der Waals surface area contributed by atoms with Gasteiger partial charge in [-0.05, 0) is 37.6 Å². The largest absolute Gasteiger partial charge is 0.372 e. The van der Waals surface area contributed by atoms with Gasteiger partial charge in [0.05, 0.1) is 11.1 Å². The van der Waals surface area contributed by atoms with Gasteiger partial charge >= 0.3 is 0 Å². The van der Waals surface area contributed by atoms with Crippen molar-refractivity contribution in [1.82, 2.24) is 5.43 Å². The van der Waals surface area contributed by atoms with Gasteiger partial charge in [0, 0.05) is 36.5 Å². The Labute approximate surface area is 146 Å². The summed E-state index contributed by atoms with van der Waals surface area (Å²) < 4.78 is 0. The lowest BCUT2D eigenvalue weighted by atomic mass is 10.2. The number of nitrogens with one attached hydrogen (secondary N) is 1. The van der Waals surface area contributed by atoms with E-state index in [0.717, 1.165) is 24.3 Å². The van der Waals surface area contributed by atoms with Crippen molar-refractivity contribution in [2.24, 2.45) is 5.10 Å². The summed E-state index contributed by atoms with van der Waals surface area (Å²) in [5, 5.41) is 14.6. The molecule has 0 atom stereocenters. The number of hydrogen-bond acceptors (Lipinski definition) is 5. The molecule has 25 heavy (non-hydrogen) atoms. The molecule has 0 aliphatic rings. The third-order valence-corrected chi connectivity index (χ3v) is 3.72. The summed E-state index contributed by atoms with van der Waals surface area (Å²) in [6.45, 7) is 6.07. The van der Waals surface area contributed by atoms with Crippen LogP contribution in [0.25, 0.3) is 0 Å². The fourth-order valence-corrected chi connectivity index (χ4v) is 2.35. The second-order valence-electron chi connectivity index (χ2n) is 5.27. The highest BCUT2D eigenvalue weighted by atomic mass is 16.6. The lowest BCUT2D eigenvalue weighted by molar-refractivity contribution is -0.384. The highest BCUT2D eigenvalue weighted by Gasteiger charge is 2.10. The predicted molar refractivity (Wildman–Crippen MR) is 98.2 cm³/mol. The fourth-order valence-electron chi connectivity index (χ4n) is 2.35. The van der Waals surface area contributed by atoms with E-state index in [1.165, 1.54) is 30.5 Å². The van der Waals surface area contributed by atoms with E-state index in [1.807, 2.05) is 24.3 Å². The van der Waals surface area contributed by atoms with Crippen LogP contribution in [0.1, 0.15) is 29.8 Å². The average Bonchev–Trinajstić information content (AvgIpc) is 2.64. The Bertz CT molecular complexity index is 768. The molecular weight excluding hydrogens is 320 g/mol. The van der Waals surface area contributed by atoms with Gasteiger partial charge in [-0.15, -0.1) is 0 Å². The Morgan fingerprint density at radius 3 is 2.48 bits per heavy atom. The molecule has 0 heterocycles. The molecule has 0 unspecified atom stereocenters. The summed E-state index contributed by atoms with van der Waals surface area (Å²) in [7, 11) is 0. The fraction of sp³-hybridized carbons (Fsp3) is 0.222. The molecule has 0 spiro atoms. The summed E-state index contributed by atoms with van der Waals surface area (Å²) in [6.07, 6.45) is 1.53. The maximum atomic E-state index is 12.0. The summed E-state index contributed by atoms with van der Waals surface area (Å²) in [5.74, 6) is -0.500. The minimum Gasteiger partial charge on any atom is -0.372 e. The van der Waals surface area contributed by atoms with Crippen LogP contribution in [0.4, 0.5) is 11.4 Å². The van der Waals surface area contributed by atoms with Crippen molar-refractivity contribution in [3.05, 3.63) is 69.8 Å². The number of nitrogens with zero attached hydrogens (tertiary/aromatic N) is 3. The number of amides is 1. The van der Waals surface area contributed by atoms with E-state index in [1.54, 1.807) is 0 Å². The van der Waals surface area contributed by atoms with Crippen LogP contribution in [0.5, 0.6) is 0 Å². The monoisotopic (exact) mass is 340 g/mol. The summed E-state index contributed by atoms with van der Waals surface area (Å²) in [6, 6.07) is 13.3. The molecule has 0 radical (unpaired) electrons. The molecule has 130 valence electrons. The molecule has 0 aromatic heterocycles. The Hall–Kier alpha value is -3.22. The lowest BCUT2D eigenvalue weighted by Crippen LogP contribution is -2.21. The first kappa shape index (κ1) is 18.1. The van der Waals surface area contributed by atoms with Crippen LogP contribution in [-0.4, -0.2) is 30.1 Å². The Morgan fingerprint density at radius 2 is 1.88 bits per heavy atom. The average molecular weight is 340 g/mol. The normalized spacial score (nSPS) is 10.6. The zero-order valence-corrected chi connectivity index (χ0v) is 14.2. The maximum absolute atomic E-state index is 12.0. The third-order valence-electron chi connectivity index (χ3n) is 3.72. The maximum Gasteiger partial charge on any atom is 0.271 e. The first-order valence-corrected chi connectivity index (χ1v) is 7.98. The number of rotatable bonds is 7. The molecule has 0 fully saturated rings. The zero-order chi connectivity index (χ0) is 18.2. The van der Waals surface area contributed by atoms with Crippen molar-refractivity contribution in [3.63, 3.8) is 0 Å². The summed E-state index contributed by atoms with van der Waals surface area (Å²) in [5.41, 5.74) is 4.39. The molecule has 1 N–H and O–H groups in total. The van der Waals surface area contributed by atoms with Crippen LogP contribution >= 0.6 is 0 Å². The van der Waals surface area contributed by atoms with E-state index < -0.39 is 10.8 Å². The molecule has 7 heteroatoms. The molecule has 0 saturated carbocycles. The number of non-ortho nitro benzene ring substituents is 1. The van der Waals surface area contributed by atoms with E-state index in [9.17, 15) is 14.9 Å². The van der Waals surface area contributed by atoms with Crippen LogP contribution in [0.15, 0.2) is 53.6 Å². The van der Waals surface area contributed by atoms with Crippen LogP contribution < -0.4 is 10.3 Å². The Morgan fingerprint density at radius 1 is 1.20 bits per heavy atom. The predicted octanol–water partition coefficient (Wildman–Crippen LogP) is 3.20. The van der Waals surface area contributed by atoms with Gasteiger partial charge in [-0.3, -0.25) is 14.9 Å². The highest BCUT2D eigenvalue weighted by molar-refractivity contribution is 5.95. The molecule has 0 aliphatic heterocycles. The van der Waals surface area contributed by atoms with Gasteiger partial charge in [0.2, 0.25) is 0 Å². The van der Waals surface area contributed by atoms with Crippen molar-refractivity contribution >= 4 is 23.5 Å². The standard InChI is InChI=1S/C18H20N4O3/c1-3-21(4-2)16-10-8-14(9-11-16)13-19-20-18(23)15-6-5-7-17(12-15)22(24)25/h5-13H,3-4H2,1-2H3,(H,20,23)/b19-13-. The van der Waals surface area contributed by atoms with E-state index in [4.69, 9.17) is 0 Å². The smallest absolute Gasteiger partial charge is 0.271 e. The van der Waals surface area contributed by atoms with Crippen molar-refractivity contribution in [2.75, 3.05) is 18.0 Å². The van der Waals surface area contributed by atoms with E-state index in [2.05, 4.69) is 29.3 Å². The van der Waals surface area contributed by atoms with Crippen LogP contribution in [0.2, 0.25) is 0 Å². The number of nitro benzene ring substituents is 1. The van der Waals surface area contributed by atoms with Gasteiger partial charge in [0.25, 0.3) is 11.6 Å². The van der Waals surface area contributed by atoms with Crippen LogP contribution in [0, 0.1) is 10.1 Å². The number of benzene rings is 2. The third kappa shape index (κ3) is 4.87. The first-order chi connectivity index (χ1) is 12.0. The van der Waals surface area contributed by atoms with Gasteiger partial charge in [-0.2, -0.15) is 5.10 Å². The molecule has 0 saturated heterocycles. The molecule has 2 aromatic carbocycles. The van der Waals surface area contributed by atoms with Gasteiger partial charge in [-0.1, -0.05) is 18.2 Å². The van der Waals surface area contributed by atoms with Gasteiger partial charge in [0.15, 0.2) is 0 Å². The van der Waals surface area contributed by atoms with E-state index >= 15 is 0 Å². The first-order valence-electron chi connectivity index (χ1n) is 7.98. The molecule has 0 bridgehead atoms. The number of hydrogen-bond donors (Lipinski definition) is 1. The van der Waals surface area contributed by atoms with Crippen molar-refractivity contribution in [3.8, 4) is 0 Å². The molecule has 2 aromatic rings. The second kappa shape index (κ2) is 8.58. The quantitative estimate of drug-likeness (QED) is 0.476. The van der Waals surface area contributed by atoms with Crippen molar-refractivity contribution in [1.29, 1.82) is 0 Å². The second-order valence-corrected chi connectivity index (χ2v) is 5.27. The number of hydrazone groups is 1. The lowest BCUT2D eigenvalue weighted by Gasteiger charge is -2.20. The zero-order valence-electron chi connectivity index (χ0n) is 14.2. The van der Waals surface area contributed by atoms with Crippen LogP contribution in [-0.2, 0) is 0 Å². The van der Waals surface area contributed by atoms with Gasteiger partial charge < -0.3 is 4.90 Å². The SMILES string of the molecule is CCN(CC)c1ccc(/C=N\NC(=O)c2cccc([N+](=O)[O-])c2)cc1. The number of carbonyl (C=O) groups is 1. The van der Waals surface area contributed by atoms with Crippen LogP contribution in [0.3, 0.4) is 0 Å². The van der Waals surface area contributed by atoms with Gasteiger partial charge in [-0.25, -0.2) is 5.43 Å². The Balaban J connectivity index is 1.99. The molecule has 7 nitrogen and oxygen atoms in total. The van der Waals surface area contributed by atoms with Crippen molar-refractivity contribution < 1.29 is 9.72 Å².